The van der Waals surface area contributed by atoms with E-state index in [-0.39, 0.29) is 29.6 Å². The highest BCUT2D eigenvalue weighted by Gasteiger charge is 2.67. The van der Waals surface area contributed by atoms with Gasteiger partial charge in [0.05, 0.1) is 17.0 Å². The quantitative estimate of drug-likeness (QED) is 0.588. The average molecular weight is 288 g/mol. The van der Waals surface area contributed by atoms with Crippen LogP contribution < -0.4 is 4.90 Å². The summed E-state index contributed by atoms with van der Waals surface area (Å²) >= 11 is 5.98. The molecule has 1 aromatic carbocycles. The number of imide groups is 1. The minimum atomic E-state index is -0.571. The number of nitrogens with zero attached hydrogens (tertiary/aromatic N) is 1. The summed E-state index contributed by atoms with van der Waals surface area (Å²) in [6.07, 6.45) is 5.14. The average Bonchev–Trinajstić information content (AvgIpc) is 3.03. The lowest BCUT2D eigenvalue weighted by atomic mass is 9.71. The van der Waals surface area contributed by atoms with Gasteiger partial charge in [-0.3, -0.25) is 9.59 Å². The van der Waals surface area contributed by atoms with Crippen LogP contribution in [0.4, 0.5) is 5.69 Å². The predicted molar refractivity (Wildman–Crippen MR) is 76.3 cm³/mol. The molecule has 4 atom stereocenters. The number of hydrogen-bond donors (Lipinski definition) is 0. The van der Waals surface area contributed by atoms with Crippen LogP contribution in [-0.4, -0.2) is 11.8 Å². The Labute approximate surface area is 122 Å². The van der Waals surface area contributed by atoms with E-state index in [4.69, 9.17) is 11.6 Å². The molecule has 2 bridgehead atoms. The summed E-state index contributed by atoms with van der Waals surface area (Å²) in [4.78, 5) is 26.9. The summed E-state index contributed by atoms with van der Waals surface area (Å²) in [7, 11) is 0. The first-order valence-corrected chi connectivity index (χ1v) is 7.23. The van der Waals surface area contributed by atoms with Crippen molar-refractivity contribution in [2.24, 2.45) is 23.2 Å². The Bertz CT molecular complexity index is 668. The number of halogens is 1. The minimum absolute atomic E-state index is 0.0726. The smallest absolute Gasteiger partial charge is 0.241 e. The molecule has 2 amide bonds. The highest BCUT2D eigenvalue weighted by molar-refractivity contribution is 6.31. The normalized spacial score (nSPS) is 37.9. The molecule has 4 rings (SSSR count). The van der Waals surface area contributed by atoms with Crippen LogP contribution in [0.5, 0.6) is 0 Å². The molecule has 1 saturated heterocycles. The lowest BCUT2D eigenvalue weighted by Crippen LogP contribution is -2.37. The Morgan fingerprint density at radius 1 is 1.30 bits per heavy atom. The van der Waals surface area contributed by atoms with Gasteiger partial charge in [-0.15, -0.1) is 0 Å². The van der Waals surface area contributed by atoms with Crippen molar-refractivity contribution >= 4 is 29.1 Å². The van der Waals surface area contributed by atoms with E-state index >= 15 is 0 Å². The molecule has 4 heteroatoms. The molecule has 1 aromatic rings. The Balaban J connectivity index is 1.82. The molecule has 1 aliphatic heterocycles. The predicted octanol–water partition coefficient (Wildman–Crippen LogP) is 3.04. The molecule has 1 heterocycles. The van der Waals surface area contributed by atoms with E-state index in [1.807, 2.05) is 6.92 Å². The third-order valence-electron chi connectivity index (χ3n) is 5.18. The third-order valence-corrected chi connectivity index (χ3v) is 5.41. The maximum absolute atomic E-state index is 12.8. The van der Waals surface area contributed by atoms with E-state index in [1.54, 1.807) is 24.3 Å². The standard InChI is InChI=1S/C16H14ClNO2/c1-16-10-6-5-9(7-10)13(16)14(19)18(15(16)20)12-4-2-3-11(17)8-12/h2-6,8-10,13H,7H2,1H3/t9-,10+,13+,16-/m0/s1. The molecule has 0 N–H and O–H groups in total. The third kappa shape index (κ3) is 1.27. The number of carbonyl (C=O) groups is 2. The molecule has 102 valence electrons. The van der Waals surface area contributed by atoms with E-state index in [9.17, 15) is 9.59 Å². The highest BCUT2D eigenvalue weighted by atomic mass is 35.5. The Kier molecular flexibility index (Phi) is 2.27. The molecule has 2 aliphatic carbocycles. The summed E-state index contributed by atoms with van der Waals surface area (Å²) in [5.74, 6) is 0.0518. The van der Waals surface area contributed by atoms with Crippen molar-refractivity contribution in [3.63, 3.8) is 0 Å². The second-order valence-corrected chi connectivity index (χ2v) is 6.55. The van der Waals surface area contributed by atoms with Crippen molar-refractivity contribution in [3.05, 3.63) is 41.4 Å². The zero-order valence-corrected chi connectivity index (χ0v) is 11.8. The van der Waals surface area contributed by atoms with E-state index in [2.05, 4.69) is 12.2 Å². The Morgan fingerprint density at radius 2 is 2.10 bits per heavy atom. The lowest BCUT2D eigenvalue weighted by molar-refractivity contribution is -0.127. The number of fused-ring (bicyclic) bond motifs is 5. The number of carbonyl (C=O) groups excluding carboxylic acids is 2. The van der Waals surface area contributed by atoms with Gasteiger partial charge < -0.3 is 0 Å². The zero-order valence-electron chi connectivity index (χ0n) is 11.0. The molecular formula is C16H14ClNO2. The molecule has 3 nitrogen and oxygen atoms in total. The van der Waals surface area contributed by atoms with Crippen LogP contribution >= 0.6 is 11.6 Å². The molecule has 1 saturated carbocycles. The number of amides is 2. The number of anilines is 1. The monoisotopic (exact) mass is 287 g/mol. The van der Waals surface area contributed by atoms with Gasteiger partial charge in [-0.25, -0.2) is 4.90 Å². The van der Waals surface area contributed by atoms with E-state index in [1.165, 1.54) is 4.90 Å². The van der Waals surface area contributed by atoms with Gasteiger partial charge in [0.2, 0.25) is 11.8 Å². The second kappa shape index (κ2) is 3.73. The summed E-state index contributed by atoms with van der Waals surface area (Å²) < 4.78 is 0. The van der Waals surface area contributed by atoms with E-state index in [0.717, 1.165) is 6.42 Å². The topological polar surface area (TPSA) is 37.4 Å². The fourth-order valence-electron chi connectivity index (χ4n) is 4.17. The van der Waals surface area contributed by atoms with Crippen molar-refractivity contribution in [1.82, 2.24) is 0 Å². The molecule has 2 fully saturated rings. The Hall–Kier alpha value is -1.61. The van der Waals surface area contributed by atoms with Crippen LogP contribution in [0.25, 0.3) is 0 Å². The van der Waals surface area contributed by atoms with Gasteiger partial charge in [0.25, 0.3) is 0 Å². The first kappa shape index (κ1) is 12.2. The van der Waals surface area contributed by atoms with Crippen LogP contribution in [0.3, 0.4) is 0 Å². The zero-order chi connectivity index (χ0) is 14.1. The van der Waals surface area contributed by atoms with E-state index < -0.39 is 5.41 Å². The SMILES string of the molecule is C[C@@]12C(=O)N(c3cccc(Cl)c3)C(=O)[C@H]1[C@H]1C=C[C@@H]2C1. The molecule has 3 aliphatic rings. The molecule has 0 spiro atoms. The van der Waals surface area contributed by atoms with Gasteiger partial charge in [0.1, 0.15) is 0 Å². The number of allylic oxidation sites excluding steroid dienone is 2. The first-order chi connectivity index (χ1) is 9.53. The van der Waals surface area contributed by atoms with Crippen molar-refractivity contribution in [3.8, 4) is 0 Å². The maximum Gasteiger partial charge on any atom is 0.241 e. The molecular weight excluding hydrogens is 274 g/mol. The van der Waals surface area contributed by atoms with Crippen LogP contribution in [0.15, 0.2) is 36.4 Å². The van der Waals surface area contributed by atoms with Gasteiger partial charge in [-0.05, 0) is 43.4 Å². The summed E-state index contributed by atoms with van der Waals surface area (Å²) in [6, 6.07) is 6.95. The largest absolute Gasteiger partial charge is 0.274 e. The maximum atomic E-state index is 12.8. The fraction of sp³-hybridized carbons (Fsp3) is 0.375. The second-order valence-electron chi connectivity index (χ2n) is 6.11. The molecule has 0 aromatic heterocycles. The summed E-state index contributed by atoms with van der Waals surface area (Å²) in [5.41, 5.74) is 0.0151. The number of rotatable bonds is 1. The minimum Gasteiger partial charge on any atom is -0.274 e. The van der Waals surface area contributed by atoms with Crippen molar-refractivity contribution < 1.29 is 9.59 Å². The summed E-state index contributed by atoms with van der Waals surface area (Å²) in [6.45, 7) is 1.94. The lowest BCUT2D eigenvalue weighted by Gasteiger charge is -2.28. The van der Waals surface area contributed by atoms with Gasteiger partial charge in [0, 0.05) is 5.02 Å². The number of hydrogen-bond acceptors (Lipinski definition) is 2. The fourth-order valence-corrected chi connectivity index (χ4v) is 4.35. The van der Waals surface area contributed by atoms with Crippen LogP contribution in [0, 0.1) is 23.2 Å². The molecule has 20 heavy (non-hydrogen) atoms. The van der Waals surface area contributed by atoms with Crippen LogP contribution in [0.1, 0.15) is 13.3 Å². The van der Waals surface area contributed by atoms with E-state index in [0.29, 0.717) is 10.7 Å². The van der Waals surface area contributed by atoms with Gasteiger partial charge in [0.15, 0.2) is 0 Å². The summed E-state index contributed by atoms with van der Waals surface area (Å²) in [5, 5.41) is 0.534. The van der Waals surface area contributed by atoms with Crippen molar-refractivity contribution in [2.45, 2.75) is 13.3 Å². The van der Waals surface area contributed by atoms with Crippen molar-refractivity contribution in [2.75, 3.05) is 4.90 Å². The number of benzene rings is 1. The first-order valence-electron chi connectivity index (χ1n) is 6.86. The van der Waals surface area contributed by atoms with Crippen molar-refractivity contribution in [1.29, 1.82) is 0 Å². The molecule has 0 unspecified atom stereocenters. The highest BCUT2D eigenvalue weighted by Crippen LogP contribution is 2.60. The molecule has 0 radical (unpaired) electrons. The van der Waals surface area contributed by atoms with Gasteiger partial charge in [-0.2, -0.15) is 0 Å². The van der Waals surface area contributed by atoms with Gasteiger partial charge in [-0.1, -0.05) is 29.8 Å². The van der Waals surface area contributed by atoms with Gasteiger partial charge >= 0.3 is 0 Å². The van der Waals surface area contributed by atoms with Crippen LogP contribution in [-0.2, 0) is 9.59 Å². The Morgan fingerprint density at radius 3 is 2.80 bits per heavy atom. The van der Waals surface area contributed by atoms with Crippen LogP contribution in [0.2, 0.25) is 5.02 Å².